The Hall–Kier alpha value is -2.82. The number of carbonyl (C=O) groups is 2. The summed E-state index contributed by atoms with van der Waals surface area (Å²) >= 11 is 0. The molecule has 156 valence electrons. The lowest BCUT2D eigenvalue weighted by Crippen LogP contribution is -2.43. The minimum absolute atomic E-state index is 0.136. The summed E-state index contributed by atoms with van der Waals surface area (Å²) < 4.78 is 6.06. The molecule has 29 heavy (non-hydrogen) atoms. The van der Waals surface area contributed by atoms with E-state index in [4.69, 9.17) is 10.5 Å². The fraction of sp³-hybridized carbons (Fsp3) is 0.417. The maximum absolute atomic E-state index is 13.1. The Bertz CT molecular complexity index is 792. The molecule has 5 heteroatoms. The number of rotatable bonds is 11. The molecule has 2 N–H and O–H groups in total. The van der Waals surface area contributed by atoms with Gasteiger partial charge in [0.1, 0.15) is 5.75 Å². The van der Waals surface area contributed by atoms with Crippen molar-refractivity contribution in [3.05, 3.63) is 65.7 Å². The van der Waals surface area contributed by atoms with Gasteiger partial charge in [-0.3, -0.25) is 9.59 Å². The summed E-state index contributed by atoms with van der Waals surface area (Å²) in [5, 5.41) is 0. The van der Waals surface area contributed by atoms with E-state index in [-0.39, 0.29) is 12.3 Å². The van der Waals surface area contributed by atoms with Crippen LogP contribution in [0, 0.1) is 0 Å². The number of nitrogens with zero attached hydrogens (tertiary/aromatic N) is 1. The molecule has 0 aliphatic rings. The molecule has 0 spiro atoms. The number of ether oxygens (including phenoxy) is 1. The average molecular weight is 397 g/mol. The van der Waals surface area contributed by atoms with Crippen LogP contribution in [-0.2, 0) is 16.0 Å². The molecule has 0 radical (unpaired) electrons. The lowest BCUT2D eigenvalue weighted by molar-refractivity contribution is -0.138. The molecule has 0 fully saturated rings. The van der Waals surface area contributed by atoms with Crippen LogP contribution in [0.15, 0.2) is 54.6 Å². The van der Waals surface area contributed by atoms with Crippen molar-refractivity contribution >= 4 is 11.8 Å². The van der Waals surface area contributed by atoms with Gasteiger partial charge in [-0.05, 0) is 42.9 Å². The van der Waals surface area contributed by atoms with Crippen LogP contribution in [-0.4, -0.2) is 35.9 Å². The summed E-state index contributed by atoms with van der Waals surface area (Å²) in [6, 6.07) is 17.8. The Morgan fingerprint density at radius 2 is 1.66 bits per heavy atom. The van der Waals surface area contributed by atoms with E-state index >= 15 is 0 Å². The summed E-state index contributed by atoms with van der Waals surface area (Å²) in [6.07, 6.45) is 1.19. The maximum Gasteiger partial charge on any atom is 0.263 e. The largest absolute Gasteiger partial charge is 0.481 e. The molecule has 0 saturated carbocycles. The fourth-order valence-corrected chi connectivity index (χ4v) is 3.20. The summed E-state index contributed by atoms with van der Waals surface area (Å²) in [4.78, 5) is 26.0. The third kappa shape index (κ3) is 6.93. The monoisotopic (exact) mass is 396 g/mol. The van der Waals surface area contributed by atoms with Gasteiger partial charge in [0.2, 0.25) is 5.91 Å². The van der Waals surface area contributed by atoms with Crippen molar-refractivity contribution in [2.24, 2.45) is 5.73 Å². The van der Waals surface area contributed by atoms with Crippen molar-refractivity contribution in [3.63, 3.8) is 0 Å². The Labute approximate surface area is 173 Å². The number of hydrogen-bond donors (Lipinski definition) is 1. The van der Waals surface area contributed by atoms with Crippen LogP contribution in [0.1, 0.15) is 50.7 Å². The van der Waals surface area contributed by atoms with Crippen molar-refractivity contribution in [2.45, 2.75) is 52.1 Å². The van der Waals surface area contributed by atoms with E-state index in [1.165, 1.54) is 0 Å². The Kier molecular flexibility index (Phi) is 8.71. The molecule has 0 aromatic heterocycles. The molecule has 0 saturated heterocycles. The van der Waals surface area contributed by atoms with E-state index < -0.39 is 12.0 Å². The van der Waals surface area contributed by atoms with Gasteiger partial charge in [0.25, 0.3) is 5.91 Å². The zero-order valence-electron chi connectivity index (χ0n) is 17.6. The molecule has 5 nitrogen and oxygen atoms in total. The average Bonchev–Trinajstić information content (AvgIpc) is 2.73. The van der Waals surface area contributed by atoms with Gasteiger partial charge >= 0.3 is 0 Å². The van der Waals surface area contributed by atoms with E-state index in [1.807, 2.05) is 54.6 Å². The van der Waals surface area contributed by atoms with Crippen molar-refractivity contribution < 1.29 is 14.3 Å². The molecule has 2 atom stereocenters. The normalized spacial score (nSPS) is 12.8. The number of carbonyl (C=O) groups excluding carboxylic acids is 2. The quantitative estimate of drug-likeness (QED) is 0.626. The van der Waals surface area contributed by atoms with Gasteiger partial charge < -0.3 is 15.4 Å². The van der Waals surface area contributed by atoms with Gasteiger partial charge in [0.05, 0.1) is 0 Å². The third-order valence-corrected chi connectivity index (χ3v) is 5.17. The molecule has 0 aliphatic heterocycles. The van der Waals surface area contributed by atoms with Crippen LogP contribution >= 0.6 is 0 Å². The third-order valence-electron chi connectivity index (χ3n) is 5.17. The number of para-hydroxylation sites is 1. The van der Waals surface area contributed by atoms with Gasteiger partial charge in [0.15, 0.2) is 6.10 Å². The lowest BCUT2D eigenvalue weighted by Gasteiger charge is -2.27. The topological polar surface area (TPSA) is 72.6 Å². The molecule has 2 unspecified atom stereocenters. The number of hydrogen-bond acceptors (Lipinski definition) is 3. The second-order valence-electron chi connectivity index (χ2n) is 7.38. The van der Waals surface area contributed by atoms with Crippen molar-refractivity contribution in [1.82, 2.24) is 4.90 Å². The van der Waals surface area contributed by atoms with Crippen LogP contribution in [0.25, 0.3) is 0 Å². The van der Waals surface area contributed by atoms with Gasteiger partial charge in [-0.25, -0.2) is 0 Å². The first-order valence-electron chi connectivity index (χ1n) is 10.3. The highest BCUT2D eigenvalue weighted by atomic mass is 16.5. The maximum atomic E-state index is 13.1. The molecule has 2 amide bonds. The fourth-order valence-electron chi connectivity index (χ4n) is 3.20. The van der Waals surface area contributed by atoms with Crippen LogP contribution in [0.2, 0.25) is 0 Å². The predicted molar refractivity (Wildman–Crippen MR) is 116 cm³/mol. The SMILES string of the molecule is CCC(C)c1ccccc1OC(C)C(=O)N(CCC(N)=O)CCc1ccccc1. The van der Waals surface area contributed by atoms with E-state index in [1.54, 1.807) is 11.8 Å². The molecular weight excluding hydrogens is 364 g/mol. The Morgan fingerprint density at radius 1 is 1.00 bits per heavy atom. The number of nitrogens with two attached hydrogens (primary N) is 1. The van der Waals surface area contributed by atoms with Gasteiger partial charge in [-0.1, -0.05) is 62.4 Å². The summed E-state index contributed by atoms with van der Waals surface area (Å²) in [5.41, 5.74) is 7.55. The first kappa shape index (κ1) is 22.5. The molecule has 2 aromatic carbocycles. The summed E-state index contributed by atoms with van der Waals surface area (Å²) in [6.45, 7) is 6.84. The number of amides is 2. The first-order valence-corrected chi connectivity index (χ1v) is 10.3. The molecule has 0 heterocycles. The van der Waals surface area contributed by atoms with Crippen molar-refractivity contribution in [3.8, 4) is 5.75 Å². The van der Waals surface area contributed by atoms with Crippen LogP contribution in [0.3, 0.4) is 0 Å². The Balaban J connectivity index is 2.09. The van der Waals surface area contributed by atoms with E-state index in [9.17, 15) is 9.59 Å². The van der Waals surface area contributed by atoms with Crippen LogP contribution in [0.4, 0.5) is 0 Å². The van der Waals surface area contributed by atoms with Gasteiger partial charge in [0, 0.05) is 19.5 Å². The van der Waals surface area contributed by atoms with Crippen LogP contribution < -0.4 is 10.5 Å². The zero-order chi connectivity index (χ0) is 21.2. The number of primary amides is 1. The zero-order valence-corrected chi connectivity index (χ0v) is 17.6. The second kappa shape index (κ2) is 11.2. The highest BCUT2D eigenvalue weighted by molar-refractivity contribution is 5.82. The molecule has 0 aliphatic carbocycles. The molecule has 0 bridgehead atoms. The van der Waals surface area contributed by atoms with Gasteiger partial charge in [-0.2, -0.15) is 0 Å². The number of benzene rings is 2. The highest BCUT2D eigenvalue weighted by Crippen LogP contribution is 2.29. The van der Waals surface area contributed by atoms with E-state index in [0.717, 1.165) is 23.3 Å². The standard InChI is InChI=1S/C24H32N2O3/c1-4-18(2)21-12-8-9-13-22(21)29-19(3)24(28)26(17-15-23(25)27)16-14-20-10-6-5-7-11-20/h5-13,18-19H,4,14-17H2,1-3H3,(H2,25,27). The predicted octanol–water partition coefficient (Wildman–Crippen LogP) is 3.91. The van der Waals surface area contributed by atoms with E-state index in [0.29, 0.717) is 25.4 Å². The highest BCUT2D eigenvalue weighted by Gasteiger charge is 2.23. The van der Waals surface area contributed by atoms with Crippen molar-refractivity contribution in [2.75, 3.05) is 13.1 Å². The molecule has 2 rings (SSSR count). The van der Waals surface area contributed by atoms with E-state index in [2.05, 4.69) is 13.8 Å². The summed E-state index contributed by atoms with van der Waals surface area (Å²) in [7, 11) is 0. The second-order valence-corrected chi connectivity index (χ2v) is 7.38. The molecular formula is C24H32N2O3. The summed E-state index contributed by atoms with van der Waals surface area (Å²) in [5.74, 6) is 0.525. The lowest BCUT2D eigenvalue weighted by atomic mass is 9.98. The Morgan fingerprint density at radius 3 is 2.31 bits per heavy atom. The molecule has 2 aromatic rings. The minimum Gasteiger partial charge on any atom is -0.481 e. The minimum atomic E-state index is -0.649. The first-order chi connectivity index (χ1) is 13.9. The van der Waals surface area contributed by atoms with Gasteiger partial charge in [-0.15, -0.1) is 0 Å². The van der Waals surface area contributed by atoms with Crippen molar-refractivity contribution in [1.29, 1.82) is 0 Å². The smallest absolute Gasteiger partial charge is 0.263 e. The van der Waals surface area contributed by atoms with Crippen LogP contribution in [0.5, 0.6) is 5.75 Å².